The normalized spacial score (nSPS) is 10.4. The zero-order valence-corrected chi connectivity index (χ0v) is 12.2. The van der Waals surface area contributed by atoms with E-state index in [2.05, 4.69) is 4.98 Å². The molecule has 0 aliphatic heterocycles. The van der Waals surface area contributed by atoms with Crippen molar-refractivity contribution in [1.29, 1.82) is 0 Å². The Kier molecular flexibility index (Phi) is 5.00. The summed E-state index contributed by atoms with van der Waals surface area (Å²) < 4.78 is 0. The molecule has 0 spiro atoms. The Morgan fingerprint density at radius 2 is 1.95 bits per heavy atom. The van der Waals surface area contributed by atoms with Crippen LogP contribution in [0.15, 0.2) is 47.5 Å². The smallest absolute Gasteiger partial charge is 0.180 e. The van der Waals surface area contributed by atoms with Crippen molar-refractivity contribution in [3.05, 3.63) is 58.9 Å². The number of Topliss-reactive ketones (excluding diaryl/α,β-unsaturated/α-hetero) is 1. The number of ketones is 1. The number of carbonyl (C=O) groups excluding carboxylic acids is 1. The zero-order chi connectivity index (χ0) is 13.7. The van der Waals surface area contributed by atoms with Crippen molar-refractivity contribution in [2.45, 2.75) is 24.0 Å². The van der Waals surface area contributed by atoms with Gasteiger partial charge in [0.1, 0.15) is 5.69 Å². The molecule has 2 nitrogen and oxygen atoms in total. The number of rotatable bonds is 5. The van der Waals surface area contributed by atoms with E-state index in [4.69, 9.17) is 11.6 Å². The van der Waals surface area contributed by atoms with Crippen molar-refractivity contribution in [3.8, 4) is 0 Å². The fourth-order valence-corrected chi connectivity index (χ4v) is 2.50. The minimum Gasteiger partial charge on any atom is -0.292 e. The third-order valence-electron chi connectivity index (χ3n) is 2.66. The Bertz CT molecular complexity index is 551. The van der Waals surface area contributed by atoms with Crippen LogP contribution in [0, 0.1) is 0 Å². The number of carbonyl (C=O) groups is 1. The Labute approximate surface area is 122 Å². The minimum absolute atomic E-state index is 0.0780. The predicted octanol–water partition coefficient (Wildman–Crippen LogP) is 4.62. The summed E-state index contributed by atoms with van der Waals surface area (Å²) in [6, 6.07) is 11.5. The van der Waals surface area contributed by atoms with Gasteiger partial charge < -0.3 is 0 Å². The molecule has 98 valence electrons. The molecule has 2 rings (SSSR count). The second-order valence-electron chi connectivity index (χ2n) is 4.07. The molecule has 4 heteroatoms. The highest BCUT2D eigenvalue weighted by molar-refractivity contribution is 7.98. The maximum atomic E-state index is 11.5. The molecule has 0 amide bonds. The van der Waals surface area contributed by atoms with Crippen LogP contribution in [0.1, 0.15) is 29.4 Å². The number of benzene rings is 1. The van der Waals surface area contributed by atoms with E-state index in [1.165, 1.54) is 5.56 Å². The topological polar surface area (TPSA) is 30.0 Å². The minimum atomic E-state index is 0.0780. The summed E-state index contributed by atoms with van der Waals surface area (Å²) in [6.07, 6.45) is 2.24. The van der Waals surface area contributed by atoms with Crippen molar-refractivity contribution in [2.24, 2.45) is 0 Å². The van der Waals surface area contributed by atoms with Crippen LogP contribution >= 0.6 is 23.4 Å². The van der Waals surface area contributed by atoms with Gasteiger partial charge in [-0.3, -0.25) is 9.78 Å². The van der Waals surface area contributed by atoms with Crippen molar-refractivity contribution >= 4 is 29.1 Å². The monoisotopic (exact) mass is 291 g/mol. The molecule has 0 fully saturated rings. The van der Waals surface area contributed by atoms with Crippen LogP contribution in [-0.2, 0) is 5.75 Å². The van der Waals surface area contributed by atoms with Gasteiger partial charge in [-0.15, -0.1) is 11.8 Å². The molecule has 0 aliphatic rings. The van der Waals surface area contributed by atoms with Gasteiger partial charge in [-0.25, -0.2) is 0 Å². The van der Waals surface area contributed by atoms with E-state index in [1.807, 2.05) is 37.3 Å². The first-order chi connectivity index (χ1) is 9.19. The molecule has 0 saturated carbocycles. The number of hydrogen-bond donors (Lipinski definition) is 0. The Hall–Kier alpha value is -1.32. The average molecular weight is 292 g/mol. The van der Waals surface area contributed by atoms with Crippen LogP contribution in [0.5, 0.6) is 0 Å². The number of pyridine rings is 1. The second kappa shape index (κ2) is 6.73. The van der Waals surface area contributed by atoms with E-state index >= 15 is 0 Å². The van der Waals surface area contributed by atoms with Crippen LogP contribution in [0.4, 0.5) is 0 Å². The van der Waals surface area contributed by atoms with Gasteiger partial charge in [-0.2, -0.15) is 0 Å². The van der Waals surface area contributed by atoms with Crippen molar-refractivity contribution in [2.75, 3.05) is 0 Å². The van der Waals surface area contributed by atoms with E-state index in [9.17, 15) is 4.79 Å². The highest BCUT2D eigenvalue weighted by Crippen LogP contribution is 2.23. The number of halogens is 1. The zero-order valence-electron chi connectivity index (χ0n) is 10.6. The summed E-state index contributed by atoms with van der Waals surface area (Å²) >= 11 is 7.53. The molecule has 0 saturated heterocycles. The molecule has 1 heterocycles. The molecule has 0 unspecified atom stereocenters. The fourth-order valence-electron chi connectivity index (χ4n) is 1.56. The molecular formula is C15H14ClNOS. The van der Waals surface area contributed by atoms with Crippen LogP contribution < -0.4 is 0 Å². The summed E-state index contributed by atoms with van der Waals surface area (Å²) in [4.78, 5) is 16.7. The first kappa shape index (κ1) is 14.1. The second-order valence-corrected chi connectivity index (χ2v) is 5.56. The molecular weight excluding hydrogens is 278 g/mol. The number of nitrogens with zero attached hydrogens (tertiary/aromatic N) is 1. The molecule has 0 atom stereocenters. The molecule has 1 aromatic carbocycles. The molecule has 19 heavy (non-hydrogen) atoms. The van der Waals surface area contributed by atoms with Gasteiger partial charge in [0.15, 0.2) is 5.78 Å². The number of hydrogen-bond acceptors (Lipinski definition) is 3. The van der Waals surface area contributed by atoms with Crippen molar-refractivity contribution < 1.29 is 4.79 Å². The summed E-state index contributed by atoms with van der Waals surface area (Å²) in [5, 5.41) is 0.748. The summed E-state index contributed by atoms with van der Waals surface area (Å²) in [5.74, 6) is 0.939. The standard InChI is InChI=1S/C15H14ClNOS/c1-2-15(18)14-8-7-13(9-17-14)19-10-11-3-5-12(16)6-4-11/h3-9H,2,10H2,1H3. The largest absolute Gasteiger partial charge is 0.292 e. The summed E-state index contributed by atoms with van der Waals surface area (Å²) in [7, 11) is 0. The fraction of sp³-hybridized carbons (Fsp3) is 0.200. The maximum Gasteiger partial charge on any atom is 0.180 e. The van der Waals surface area contributed by atoms with Crippen molar-refractivity contribution in [1.82, 2.24) is 4.98 Å². The first-order valence-corrected chi connectivity index (χ1v) is 7.42. The lowest BCUT2D eigenvalue weighted by atomic mass is 10.2. The van der Waals surface area contributed by atoms with Crippen LogP contribution in [0.3, 0.4) is 0 Å². The van der Waals surface area contributed by atoms with Gasteiger partial charge in [0.05, 0.1) is 0 Å². The maximum absolute atomic E-state index is 11.5. The van der Waals surface area contributed by atoms with Gasteiger partial charge in [0.2, 0.25) is 0 Å². The first-order valence-electron chi connectivity index (χ1n) is 6.05. The van der Waals surface area contributed by atoms with Crippen molar-refractivity contribution in [3.63, 3.8) is 0 Å². The molecule has 1 aromatic heterocycles. The van der Waals surface area contributed by atoms with Gasteiger partial charge in [0, 0.05) is 28.3 Å². The van der Waals surface area contributed by atoms with Gasteiger partial charge in [-0.05, 0) is 29.8 Å². The average Bonchev–Trinajstić information content (AvgIpc) is 2.46. The van der Waals surface area contributed by atoms with E-state index < -0.39 is 0 Å². The third-order valence-corrected chi connectivity index (χ3v) is 3.97. The highest BCUT2D eigenvalue weighted by Gasteiger charge is 2.04. The third kappa shape index (κ3) is 4.08. The van der Waals surface area contributed by atoms with Crippen LogP contribution in [0.25, 0.3) is 0 Å². The molecule has 0 N–H and O–H groups in total. The predicted molar refractivity (Wildman–Crippen MR) is 79.9 cm³/mol. The number of thioether (sulfide) groups is 1. The summed E-state index contributed by atoms with van der Waals surface area (Å²) in [5.41, 5.74) is 1.75. The van der Waals surface area contributed by atoms with E-state index in [0.29, 0.717) is 12.1 Å². The van der Waals surface area contributed by atoms with E-state index in [-0.39, 0.29) is 5.78 Å². The SMILES string of the molecule is CCC(=O)c1ccc(SCc2ccc(Cl)cc2)cn1. The molecule has 0 radical (unpaired) electrons. The molecule has 0 bridgehead atoms. The molecule has 0 aliphatic carbocycles. The van der Waals surface area contributed by atoms with E-state index in [1.54, 1.807) is 24.0 Å². The Balaban J connectivity index is 1.96. The number of aromatic nitrogens is 1. The van der Waals surface area contributed by atoms with Gasteiger partial charge in [-0.1, -0.05) is 30.7 Å². The quantitative estimate of drug-likeness (QED) is 0.595. The van der Waals surface area contributed by atoms with Gasteiger partial charge >= 0.3 is 0 Å². The highest BCUT2D eigenvalue weighted by atomic mass is 35.5. The van der Waals surface area contributed by atoms with Crippen LogP contribution in [-0.4, -0.2) is 10.8 Å². The lowest BCUT2D eigenvalue weighted by molar-refractivity contribution is 0.0983. The van der Waals surface area contributed by atoms with E-state index in [0.717, 1.165) is 15.7 Å². The van der Waals surface area contributed by atoms with Gasteiger partial charge in [0.25, 0.3) is 0 Å². The van der Waals surface area contributed by atoms with Crippen LogP contribution in [0.2, 0.25) is 5.02 Å². The Morgan fingerprint density at radius 1 is 1.21 bits per heavy atom. The lowest BCUT2D eigenvalue weighted by Crippen LogP contribution is -1.99. The Morgan fingerprint density at radius 3 is 2.53 bits per heavy atom. The summed E-state index contributed by atoms with van der Waals surface area (Å²) in [6.45, 7) is 1.84. The molecule has 2 aromatic rings. The lowest BCUT2D eigenvalue weighted by Gasteiger charge is -2.03.